The van der Waals surface area contributed by atoms with E-state index >= 15 is 0 Å². The summed E-state index contributed by atoms with van der Waals surface area (Å²) in [6.45, 7) is 13.4. The summed E-state index contributed by atoms with van der Waals surface area (Å²) < 4.78 is 0. The van der Waals surface area contributed by atoms with E-state index in [-0.39, 0.29) is 0 Å². The number of hydrogen-bond donors (Lipinski definition) is 0. The van der Waals surface area contributed by atoms with Crippen LogP contribution in [0.4, 0.5) is 0 Å². The minimum atomic E-state index is 0.979. The molecule has 68 heavy (non-hydrogen) atoms. The molecule has 0 bridgehead atoms. The molecule has 0 atom stereocenters. The summed E-state index contributed by atoms with van der Waals surface area (Å²) in [5, 5.41) is 20.1. The van der Waals surface area contributed by atoms with Crippen LogP contribution in [0.25, 0.3) is 142 Å². The summed E-state index contributed by atoms with van der Waals surface area (Å²) in [5.41, 5.74) is 19.2. The summed E-state index contributed by atoms with van der Waals surface area (Å²) in [6, 6.07) is 64.0. The summed E-state index contributed by atoms with van der Waals surface area (Å²) >= 11 is 0. The van der Waals surface area contributed by atoms with E-state index in [1.807, 2.05) is 0 Å². The number of pyridine rings is 2. The Morgan fingerprint density at radius 3 is 1.01 bits per heavy atom. The van der Waals surface area contributed by atoms with Crippen molar-refractivity contribution in [3.63, 3.8) is 0 Å². The van der Waals surface area contributed by atoms with Crippen molar-refractivity contribution in [2.75, 3.05) is 0 Å². The predicted molar refractivity (Wildman–Crippen MR) is 292 cm³/mol. The van der Waals surface area contributed by atoms with Crippen LogP contribution in [0.3, 0.4) is 0 Å². The average molecular weight is 867 g/mol. The van der Waals surface area contributed by atoms with Crippen LogP contribution in [0.15, 0.2) is 170 Å². The Labute approximate surface area is 394 Å². The molecule has 0 saturated heterocycles. The van der Waals surface area contributed by atoms with Crippen LogP contribution in [-0.2, 0) is 0 Å². The first-order chi connectivity index (χ1) is 33.1. The molecule has 0 radical (unpaired) electrons. The number of aromatic nitrogens is 2. The topological polar surface area (TPSA) is 25.8 Å². The van der Waals surface area contributed by atoms with Crippen molar-refractivity contribution in [3.05, 3.63) is 203 Å². The maximum absolute atomic E-state index is 5.30. The molecular weight excluding hydrogens is 821 g/mol. The first-order valence-electron chi connectivity index (χ1n) is 23.9. The molecule has 0 fully saturated rings. The maximum Gasteiger partial charge on any atom is 0.0710 e. The van der Waals surface area contributed by atoms with Crippen LogP contribution in [-0.4, -0.2) is 9.97 Å². The third kappa shape index (κ3) is 5.64. The normalized spacial score (nSPS) is 12.3. The fourth-order valence-electron chi connectivity index (χ4n) is 12.5. The van der Waals surface area contributed by atoms with E-state index in [0.29, 0.717) is 0 Å². The van der Waals surface area contributed by atoms with Crippen molar-refractivity contribution in [2.24, 2.45) is 0 Å². The average Bonchev–Trinajstić information content (AvgIpc) is 3.82. The van der Waals surface area contributed by atoms with E-state index in [1.165, 1.54) is 131 Å². The van der Waals surface area contributed by atoms with Gasteiger partial charge in [0.05, 0.1) is 22.4 Å². The van der Waals surface area contributed by atoms with Gasteiger partial charge in [-0.25, -0.2) is 9.97 Å². The molecule has 0 N–H and O–H groups in total. The Morgan fingerprint density at radius 1 is 0.265 bits per heavy atom. The zero-order valence-corrected chi connectivity index (χ0v) is 39.1. The largest absolute Gasteiger partial charge is 0.248 e. The van der Waals surface area contributed by atoms with Crippen molar-refractivity contribution in [1.29, 1.82) is 0 Å². The van der Waals surface area contributed by atoms with Crippen molar-refractivity contribution in [3.8, 4) is 44.8 Å². The van der Waals surface area contributed by atoms with E-state index in [1.54, 1.807) is 0 Å². The number of fused-ring (bicyclic) bond motifs is 11. The fraction of sp³-hybridized carbons (Fsp3) is 0.0909. The van der Waals surface area contributed by atoms with Crippen LogP contribution in [0.1, 0.15) is 33.4 Å². The Morgan fingerprint density at radius 2 is 0.603 bits per heavy atom. The van der Waals surface area contributed by atoms with E-state index in [0.717, 1.165) is 44.3 Å². The highest BCUT2D eigenvalue weighted by molar-refractivity contribution is 6.42. The van der Waals surface area contributed by atoms with Crippen LogP contribution in [0.2, 0.25) is 0 Å². The molecule has 14 rings (SSSR count). The van der Waals surface area contributed by atoms with Gasteiger partial charge in [-0.1, -0.05) is 108 Å². The highest BCUT2D eigenvalue weighted by Crippen LogP contribution is 2.51. The van der Waals surface area contributed by atoms with E-state index in [2.05, 4.69) is 211 Å². The minimum absolute atomic E-state index is 0.979. The second-order valence-corrected chi connectivity index (χ2v) is 19.7. The van der Waals surface area contributed by atoms with E-state index in [9.17, 15) is 0 Å². The van der Waals surface area contributed by atoms with E-state index < -0.39 is 0 Å². The first kappa shape index (κ1) is 39.0. The number of aryl methyl sites for hydroxylation is 6. The predicted octanol–water partition coefficient (Wildman–Crippen LogP) is 18.2. The quantitative estimate of drug-likeness (QED) is 0.165. The van der Waals surface area contributed by atoms with Gasteiger partial charge in [0.15, 0.2) is 0 Å². The lowest BCUT2D eigenvalue weighted by molar-refractivity contribution is 1.32. The molecule has 320 valence electrons. The molecule has 0 saturated carbocycles. The number of hydrogen-bond acceptors (Lipinski definition) is 2. The minimum Gasteiger partial charge on any atom is -0.248 e. The first-order valence-corrected chi connectivity index (χ1v) is 23.9. The lowest BCUT2D eigenvalue weighted by atomic mass is 9.90. The molecule has 12 aromatic carbocycles. The summed E-state index contributed by atoms with van der Waals surface area (Å²) in [7, 11) is 0. The summed E-state index contributed by atoms with van der Waals surface area (Å²) in [4.78, 5) is 10.6. The second kappa shape index (κ2) is 14.2. The lowest BCUT2D eigenvalue weighted by Crippen LogP contribution is -1.90. The molecule has 0 spiro atoms. The molecule has 0 unspecified atom stereocenters. The second-order valence-electron chi connectivity index (χ2n) is 19.7. The maximum atomic E-state index is 5.30. The van der Waals surface area contributed by atoms with Crippen LogP contribution >= 0.6 is 0 Å². The van der Waals surface area contributed by atoms with Gasteiger partial charge in [-0.15, -0.1) is 0 Å². The molecule has 2 nitrogen and oxygen atoms in total. The Hall–Kier alpha value is -8.20. The van der Waals surface area contributed by atoms with Gasteiger partial charge >= 0.3 is 0 Å². The number of para-hydroxylation sites is 2. The zero-order chi connectivity index (χ0) is 45.7. The molecular formula is C66H46N2. The number of rotatable bonds is 4. The molecule has 0 aliphatic heterocycles. The highest BCUT2D eigenvalue weighted by Gasteiger charge is 2.23. The lowest BCUT2D eigenvalue weighted by Gasteiger charge is -2.14. The van der Waals surface area contributed by atoms with Crippen LogP contribution in [0, 0.1) is 41.5 Å². The highest BCUT2D eigenvalue weighted by atomic mass is 14.7. The van der Waals surface area contributed by atoms with Crippen molar-refractivity contribution >= 4 is 97.2 Å². The number of nitrogens with zero attached hydrogens (tertiary/aromatic N) is 2. The Kier molecular flexibility index (Phi) is 8.12. The Bertz CT molecular complexity index is 4160. The van der Waals surface area contributed by atoms with Crippen molar-refractivity contribution < 1.29 is 0 Å². The molecule has 2 heterocycles. The van der Waals surface area contributed by atoms with Gasteiger partial charge in [-0.2, -0.15) is 0 Å². The van der Waals surface area contributed by atoms with Gasteiger partial charge in [0, 0.05) is 21.9 Å². The molecule has 0 aliphatic carbocycles. The van der Waals surface area contributed by atoms with Crippen molar-refractivity contribution in [2.45, 2.75) is 41.5 Å². The summed E-state index contributed by atoms with van der Waals surface area (Å²) in [6.07, 6.45) is 0. The smallest absolute Gasteiger partial charge is 0.0710 e. The van der Waals surface area contributed by atoms with Crippen LogP contribution < -0.4 is 0 Å². The fourth-order valence-corrected chi connectivity index (χ4v) is 12.5. The Balaban J connectivity index is 1.15. The molecule has 14 aromatic rings. The molecule has 2 heteroatoms. The van der Waals surface area contributed by atoms with Crippen molar-refractivity contribution in [1.82, 2.24) is 9.97 Å². The molecule has 0 aliphatic rings. The van der Waals surface area contributed by atoms with Crippen LogP contribution in [0.5, 0.6) is 0 Å². The zero-order valence-electron chi connectivity index (χ0n) is 39.1. The van der Waals surface area contributed by atoms with Gasteiger partial charge in [0.1, 0.15) is 0 Å². The SMILES string of the molecule is Cc1cc(C)c(-c2ccc3c(c2)c2cc4c(cc5c6cc(-c7c(C)cc(C)cc7C)ccc6c6cc(-c7ccc8ccccc8n7)cc4c65)c4cc(-c5ccc6ccccc6n5)cc3c42)c(C)c1. The standard InChI is InChI=1S/C66H46N2/c1-35-23-37(3)63(38(4)24-35)43-15-19-47-49(27-43)57-33-51-52(55-31-45(29-53(47)65(55)57)61-21-17-41-11-7-9-13-59(41)67-61)34-58-50-28-44(64-39(5)25-36(2)26-40(64)6)16-20-48(50)54-30-46(32-56(51)66(54)58)62-22-18-42-12-8-10-14-60(42)68-62/h7-34H,1-6H3. The molecule has 0 amide bonds. The van der Waals surface area contributed by atoms with Gasteiger partial charge in [0.2, 0.25) is 0 Å². The van der Waals surface area contributed by atoms with Gasteiger partial charge in [-0.3, -0.25) is 0 Å². The monoisotopic (exact) mass is 866 g/mol. The van der Waals surface area contributed by atoms with Gasteiger partial charge in [-0.05, 0) is 234 Å². The van der Waals surface area contributed by atoms with Gasteiger partial charge in [0.25, 0.3) is 0 Å². The number of benzene rings is 10. The third-order valence-electron chi connectivity index (χ3n) is 15.2. The van der Waals surface area contributed by atoms with Gasteiger partial charge < -0.3 is 0 Å². The molecule has 2 aromatic heterocycles. The van der Waals surface area contributed by atoms with E-state index in [4.69, 9.17) is 9.97 Å². The summed E-state index contributed by atoms with van der Waals surface area (Å²) in [5.74, 6) is 0. The third-order valence-corrected chi connectivity index (χ3v) is 15.2.